The van der Waals surface area contributed by atoms with Gasteiger partial charge in [0, 0.05) is 5.92 Å². The van der Waals surface area contributed by atoms with Gasteiger partial charge < -0.3 is 5.11 Å². The first-order chi connectivity index (χ1) is 10.7. The molecule has 1 heteroatoms. The minimum Gasteiger partial charge on any atom is -0.388 e. The van der Waals surface area contributed by atoms with Crippen molar-refractivity contribution in [3.8, 4) is 0 Å². The standard InChI is InChI=1S/C21H22O/c1-3-17-15(2)21(22)20-12-8-7-11-18(20)19(17)14-13-16-9-5-4-6-10-16/h3-15,17,19,21-22H,1H2,2H3/b14-13+/t15-,17+,19-,21-/m0/s1. The summed E-state index contributed by atoms with van der Waals surface area (Å²) >= 11 is 0. The number of aliphatic hydroxyl groups excluding tert-OH is 1. The smallest absolute Gasteiger partial charge is 0.0824 e. The van der Waals surface area contributed by atoms with Crippen LogP contribution in [0, 0.1) is 11.8 Å². The lowest BCUT2D eigenvalue weighted by Gasteiger charge is -2.38. The zero-order chi connectivity index (χ0) is 15.5. The molecule has 0 aromatic heterocycles. The van der Waals surface area contributed by atoms with Crippen molar-refractivity contribution < 1.29 is 5.11 Å². The molecule has 1 aliphatic rings. The molecule has 1 aliphatic carbocycles. The number of rotatable bonds is 3. The number of hydrogen-bond acceptors (Lipinski definition) is 1. The maximum absolute atomic E-state index is 10.6. The molecule has 3 rings (SSSR count). The van der Waals surface area contributed by atoms with E-state index in [2.05, 4.69) is 43.9 Å². The lowest BCUT2D eigenvalue weighted by atomic mass is 9.68. The van der Waals surface area contributed by atoms with Crippen molar-refractivity contribution in [1.29, 1.82) is 0 Å². The van der Waals surface area contributed by atoms with E-state index in [-0.39, 0.29) is 17.8 Å². The molecule has 112 valence electrons. The van der Waals surface area contributed by atoms with Crippen molar-refractivity contribution in [2.75, 3.05) is 0 Å². The van der Waals surface area contributed by atoms with Crippen molar-refractivity contribution in [3.63, 3.8) is 0 Å². The molecule has 1 N–H and O–H groups in total. The van der Waals surface area contributed by atoms with Gasteiger partial charge in [-0.1, -0.05) is 79.7 Å². The summed E-state index contributed by atoms with van der Waals surface area (Å²) in [4.78, 5) is 0. The van der Waals surface area contributed by atoms with Gasteiger partial charge in [0.05, 0.1) is 6.10 Å². The predicted octanol–water partition coefficient (Wildman–Crippen LogP) is 4.97. The molecule has 0 fully saturated rings. The van der Waals surface area contributed by atoms with Crippen LogP contribution in [-0.2, 0) is 0 Å². The molecule has 0 bridgehead atoms. The van der Waals surface area contributed by atoms with Crippen molar-refractivity contribution in [1.82, 2.24) is 0 Å². The Kier molecular flexibility index (Phi) is 4.26. The van der Waals surface area contributed by atoms with E-state index in [1.54, 1.807) is 0 Å². The SMILES string of the molecule is C=C[C@@H]1[C@H](C)[C@H](O)c2ccccc2[C@H]1/C=C/c1ccccc1. The molecular weight excluding hydrogens is 268 g/mol. The molecule has 0 saturated carbocycles. The third kappa shape index (κ3) is 2.65. The lowest BCUT2D eigenvalue weighted by molar-refractivity contribution is 0.0784. The molecule has 0 spiro atoms. The number of aliphatic hydroxyl groups is 1. The van der Waals surface area contributed by atoms with Crippen molar-refractivity contribution in [2.24, 2.45) is 11.8 Å². The first-order valence-electron chi connectivity index (χ1n) is 7.85. The Morgan fingerprint density at radius 2 is 1.59 bits per heavy atom. The zero-order valence-electron chi connectivity index (χ0n) is 12.9. The highest BCUT2D eigenvalue weighted by Gasteiger charge is 2.36. The van der Waals surface area contributed by atoms with E-state index >= 15 is 0 Å². The Labute approximate surface area is 132 Å². The summed E-state index contributed by atoms with van der Waals surface area (Å²) < 4.78 is 0. The Hall–Kier alpha value is -2.12. The van der Waals surface area contributed by atoms with Crippen LogP contribution in [0.2, 0.25) is 0 Å². The van der Waals surface area contributed by atoms with Crippen LogP contribution in [0.4, 0.5) is 0 Å². The number of allylic oxidation sites excluding steroid dienone is 2. The number of hydrogen-bond donors (Lipinski definition) is 1. The van der Waals surface area contributed by atoms with Gasteiger partial charge in [-0.2, -0.15) is 0 Å². The zero-order valence-corrected chi connectivity index (χ0v) is 12.9. The monoisotopic (exact) mass is 290 g/mol. The molecule has 2 aromatic rings. The molecular formula is C21H22O. The van der Waals surface area contributed by atoms with E-state index < -0.39 is 6.10 Å². The lowest BCUT2D eigenvalue weighted by Crippen LogP contribution is -2.29. The summed E-state index contributed by atoms with van der Waals surface area (Å²) in [6.45, 7) is 6.11. The fourth-order valence-corrected chi connectivity index (χ4v) is 3.48. The van der Waals surface area contributed by atoms with Crippen molar-refractivity contribution >= 4 is 6.08 Å². The average molecular weight is 290 g/mol. The summed E-state index contributed by atoms with van der Waals surface area (Å²) in [5, 5.41) is 10.6. The van der Waals surface area contributed by atoms with E-state index in [4.69, 9.17) is 0 Å². The van der Waals surface area contributed by atoms with Gasteiger partial charge >= 0.3 is 0 Å². The van der Waals surface area contributed by atoms with Gasteiger partial charge in [-0.05, 0) is 28.5 Å². The van der Waals surface area contributed by atoms with E-state index in [0.717, 1.165) is 5.56 Å². The van der Waals surface area contributed by atoms with E-state index in [1.807, 2.05) is 42.5 Å². The van der Waals surface area contributed by atoms with Crippen LogP contribution >= 0.6 is 0 Å². The Bertz CT molecular complexity index is 671. The fraction of sp³-hybridized carbons (Fsp3) is 0.238. The normalized spacial score (nSPS) is 27.5. The summed E-state index contributed by atoms with van der Waals surface area (Å²) in [7, 11) is 0. The fourth-order valence-electron chi connectivity index (χ4n) is 3.48. The van der Waals surface area contributed by atoms with Gasteiger partial charge in [0.2, 0.25) is 0 Å². The highest BCUT2D eigenvalue weighted by molar-refractivity contribution is 5.52. The molecule has 4 atom stereocenters. The first kappa shape index (κ1) is 14.8. The van der Waals surface area contributed by atoms with Gasteiger partial charge in [0.15, 0.2) is 0 Å². The topological polar surface area (TPSA) is 20.2 Å². The number of benzene rings is 2. The summed E-state index contributed by atoms with van der Waals surface area (Å²) in [6, 6.07) is 18.5. The minimum atomic E-state index is -0.416. The van der Waals surface area contributed by atoms with Crippen LogP contribution in [0.1, 0.15) is 35.6 Å². The van der Waals surface area contributed by atoms with Crippen LogP contribution in [0.25, 0.3) is 6.08 Å². The van der Waals surface area contributed by atoms with Gasteiger partial charge in [0.1, 0.15) is 0 Å². The second kappa shape index (κ2) is 6.33. The highest BCUT2D eigenvalue weighted by atomic mass is 16.3. The summed E-state index contributed by atoms with van der Waals surface area (Å²) in [5.74, 6) is 0.662. The largest absolute Gasteiger partial charge is 0.388 e. The third-order valence-electron chi connectivity index (χ3n) is 4.76. The van der Waals surface area contributed by atoms with Crippen LogP contribution in [0.15, 0.2) is 73.3 Å². The third-order valence-corrected chi connectivity index (χ3v) is 4.76. The quantitative estimate of drug-likeness (QED) is 0.791. The molecule has 0 heterocycles. The molecule has 0 unspecified atom stereocenters. The Morgan fingerprint density at radius 3 is 2.27 bits per heavy atom. The molecule has 2 aromatic carbocycles. The van der Waals surface area contributed by atoms with Gasteiger partial charge in [-0.3, -0.25) is 0 Å². The van der Waals surface area contributed by atoms with Gasteiger partial charge in [-0.15, -0.1) is 6.58 Å². The maximum Gasteiger partial charge on any atom is 0.0824 e. The number of fused-ring (bicyclic) bond motifs is 1. The molecule has 22 heavy (non-hydrogen) atoms. The molecule has 0 saturated heterocycles. The maximum atomic E-state index is 10.6. The summed E-state index contributed by atoms with van der Waals surface area (Å²) in [5.41, 5.74) is 3.46. The van der Waals surface area contributed by atoms with Crippen LogP contribution in [0.3, 0.4) is 0 Å². The Morgan fingerprint density at radius 1 is 0.955 bits per heavy atom. The molecule has 1 nitrogen and oxygen atoms in total. The van der Waals surface area contributed by atoms with E-state index in [1.165, 1.54) is 11.1 Å². The van der Waals surface area contributed by atoms with E-state index in [0.29, 0.717) is 0 Å². The second-order valence-corrected chi connectivity index (χ2v) is 6.04. The van der Waals surface area contributed by atoms with Gasteiger partial charge in [-0.25, -0.2) is 0 Å². The Balaban J connectivity index is 2.01. The average Bonchev–Trinajstić information content (AvgIpc) is 2.57. The second-order valence-electron chi connectivity index (χ2n) is 6.04. The van der Waals surface area contributed by atoms with E-state index in [9.17, 15) is 5.11 Å². The van der Waals surface area contributed by atoms with Crippen molar-refractivity contribution in [3.05, 3.63) is 90.0 Å². The summed E-state index contributed by atoms with van der Waals surface area (Å²) in [6.07, 6.45) is 6.00. The van der Waals surface area contributed by atoms with Crippen molar-refractivity contribution in [2.45, 2.75) is 18.9 Å². The molecule has 0 amide bonds. The predicted molar refractivity (Wildman–Crippen MR) is 92.5 cm³/mol. The highest BCUT2D eigenvalue weighted by Crippen LogP contribution is 2.46. The first-order valence-corrected chi connectivity index (χ1v) is 7.85. The van der Waals surface area contributed by atoms with Crippen LogP contribution < -0.4 is 0 Å². The minimum absolute atomic E-state index is 0.165. The van der Waals surface area contributed by atoms with Gasteiger partial charge in [0.25, 0.3) is 0 Å². The van der Waals surface area contributed by atoms with Crippen LogP contribution in [-0.4, -0.2) is 5.11 Å². The molecule has 0 radical (unpaired) electrons. The molecule has 0 aliphatic heterocycles. The van der Waals surface area contributed by atoms with Crippen LogP contribution in [0.5, 0.6) is 0 Å².